The van der Waals surface area contributed by atoms with Crippen LogP contribution in [-0.2, 0) is 17.8 Å². The number of amides is 1. The first-order chi connectivity index (χ1) is 12.7. The monoisotopic (exact) mass is 353 g/mol. The van der Waals surface area contributed by atoms with E-state index in [1.165, 1.54) is 29.8 Å². The third kappa shape index (κ3) is 5.17. The van der Waals surface area contributed by atoms with Crippen molar-refractivity contribution in [2.24, 2.45) is 0 Å². The van der Waals surface area contributed by atoms with Gasteiger partial charge in [0, 0.05) is 31.9 Å². The Labute approximate surface area is 151 Å². The normalized spacial score (nSPS) is 10.5. The molecule has 2 aromatic carbocycles. The van der Waals surface area contributed by atoms with Gasteiger partial charge in [-0.15, -0.1) is 0 Å². The van der Waals surface area contributed by atoms with Crippen molar-refractivity contribution in [1.29, 1.82) is 0 Å². The van der Waals surface area contributed by atoms with Crippen LogP contribution in [0.1, 0.15) is 11.4 Å². The average molecular weight is 353 g/mol. The Balaban J connectivity index is 1.42. The molecule has 0 aliphatic rings. The minimum absolute atomic E-state index is 0.107. The fourth-order valence-electron chi connectivity index (χ4n) is 2.54. The van der Waals surface area contributed by atoms with Crippen LogP contribution in [0.3, 0.4) is 0 Å². The fourth-order valence-corrected chi connectivity index (χ4v) is 2.54. The zero-order valence-corrected chi connectivity index (χ0v) is 14.3. The van der Waals surface area contributed by atoms with Crippen molar-refractivity contribution in [1.82, 2.24) is 14.9 Å². The number of rotatable bonds is 8. The third-order valence-electron chi connectivity index (χ3n) is 3.85. The number of imidazole rings is 1. The van der Waals surface area contributed by atoms with Gasteiger partial charge in [0.05, 0.1) is 0 Å². The molecule has 0 spiro atoms. The molecule has 0 bridgehead atoms. The molecule has 0 unspecified atom stereocenters. The van der Waals surface area contributed by atoms with E-state index in [9.17, 15) is 9.18 Å². The molecule has 6 heteroatoms. The van der Waals surface area contributed by atoms with Gasteiger partial charge in [0.25, 0.3) is 5.91 Å². The summed E-state index contributed by atoms with van der Waals surface area (Å²) in [6, 6.07) is 15.7. The summed E-state index contributed by atoms with van der Waals surface area (Å²) in [6.45, 7) is 1.11. The zero-order chi connectivity index (χ0) is 18.2. The summed E-state index contributed by atoms with van der Waals surface area (Å²) in [4.78, 5) is 16.2. The van der Waals surface area contributed by atoms with Gasteiger partial charge in [-0.2, -0.15) is 0 Å². The van der Waals surface area contributed by atoms with E-state index in [2.05, 4.69) is 27.0 Å². The average Bonchev–Trinajstić information content (AvgIpc) is 3.09. The SMILES string of the molecule is O=C(COc1ccc(F)cc1)NCCc1nccn1Cc1ccccc1. The molecule has 0 fully saturated rings. The van der Waals surface area contributed by atoms with Crippen LogP contribution in [0.4, 0.5) is 4.39 Å². The van der Waals surface area contributed by atoms with E-state index in [1.54, 1.807) is 6.20 Å². The Bertz CT molecular complexity index is 832. The first kappa shape index (κ1) is 17.7. The maximum absolute atomic E-state index is 12.8. The van der Waals surface area contributed by atoms with E-state index in [0.29, 0.717) is 18.7 Å². The molecule has 1 aromatic heterocycles. The first-order valence-corrected chi connectivity index (χ1v) is 8.40. The van der Waals surface area contributed by atoms with Crippen molar-refractivity contribution in [3.63, 3.8) is 0 Å². The summed E-state index contributed by atoms with van der Waals surface area (Å²) in [5, 5.41) is 2.80. The highest BCUT2D eigenvalue weighted by Crippen LogP contribution is 2.10. The van der Waals surface area contributed by atoms with Gasteiger partial charge in [0.1, 0.15) is 17.4 Å². The van der Waals surface area contributed by atoms with Crippen LogP contribution >= 0.6 is 0 Å². The Morgan fingerprint density at radius 2 is 1.88 bits per heavy atom. The second-order valence-electron chi connectivity index (χ2n) is 5.80. The minimum atomic E-state index is -0.340. The zero-order valence-electron chi connectivity index (χ0n) is 14.3. The largest absolute Gasteiger partial charge is 0.484 e. The van der Waals surface area contributed by atoms with E-state index in [0.717, 1.165) is 12.4 Å². The van der Waals surface area contributed by atoms with Gasteiger partial charge in [-0.25, -0.2) is 9.37 Å². The highest BCUT2D eigenvalue weighted by Gasteiger charge is 2.06. The second kappa shape index (κ2) is 8.80. The van der Waals surface area contributed by atoms with Crippen LogP contribution in [0.5, 0.6) is 5.75 Å². The second-order valence-corrected chi connectivity index (χ2v) is 5.80. The lowest BCUT2D eigenvalue weighted by Gasteiger charge is -2.09. The molecular formula is C20H20FN3O2. The van der Waals surface area contributed by atoms with E-state index >= 15 is 0 Å². The summed E-state index contributed by atoms with van der Waals surface area (Å²) < 4.78 is 20.2. The first-order valence-electron chi connectivity index (χ1n) is 8.40. The number of nitrogens with zero attached hydrogens (tertiary/aromatic N) is 2. The number of nitrogens with one attached hydrogen (secondary N) is 1. The van der Waals surface area contributed by atoms with Crippen LogP contribution in [-0.4, -0.2) is 28.6 Å². The molecule has 3 aromatic rings. The number of halogens is 1. The van der Waals surface area contributed by atoms with Gasteiger partial charge in [-0.1, -0.05) is 30.3 Å². The maximum Gasteiger partial charge on any atom is 0.257 e. The van der Waals surface area contributed by atoms with Gasteiger partial charge in [0.2, 0.25) is 0 Å². The molecule has 1 heterocycles. The van der Waals surface area contributed by atoms with Crippen LogP contribution in [0, 0.1) is 5.82 Å². The molecule has 3 rings (SSSR count). The number of aromatic nitrogens is 2. The Kier molecular flexibility index (Phi) is 5.98. The number of benzene rings is 2. The molecule has 0 saturated carbocycles. The van der Waals surface area contributed by atoms with Crippen LogP contribution in [0.25, 0.3) is 0 Å². The molecule has 1 N–H and O–H groups in total. The molecule has 1 amide bonds. The molecule has 0 atom stereocenters. The highest BCUT2D eigenvalue weighted by molar-refractivity contribution is 5.77. The number of carbonyl (C=O) groups is 1. The predicted octanol–water partition coefficient (Wildman–Crippen LogP) is 2.81. The number of carbonyl (C=O) groups excluding carboxylic acids is 1. The fraction of sp³-hybridized carbons (Fsp3) is 0.200. The number of hydrogen-bond donors (Lipinski definition) is 1. The Hall–Kier alpha value is -3.15. The van der Waals surface area contributed by atoms with Crippen molar-refractivity contribution < 1.29 is 13.9 Å². The summed E-state index contributed by atoms with van der Waals surface area (Å²) in [7, 11) is 0. The Morgan fingerprint density at radius 3 is 2.65 bits per heavy atom. The van der Waals surface area contributed by atoms with Gasteiger partial charge in [0.15, 0.2) is 6.61 Å². The quantitative estimate of drug-likeness (QED) is 0.677. The molecule has 0 aliphatic heterocycles. The molecule has 0 radical (unpaired) electrons. The van der Waals surface area contributed by atoms with Gasteiger partial charge in [-0.05, 0) is 29.8 Å². The molecule has 134 valence electrons. The summed E-state index contributed by atoms with van der Waals surface area (Å²) in [5.41, 5.74) is 1.20. The van der Waals surface area contributed by atoms with E-state index in [4.69, 9.17) is 4.74 Å². The van der Waals surface area contributed by atoms with Gasteiger partial charge >= 0.3 is 0 Å². The van der Waals surface area contributed by atoms with Crippen LogP contribution in [0.15, 0.2) is 67.0 Å². The van der Waals surface area contributed by atoms with Crippen molar-refractivity contribution >= 4 is 5.91 Å². The summed E-state index contributed by atoms with van der Waals surface area (Å²) in [6.07, 6.45) is 4.32. The maximum atomic E-state index is 12.8. The number of ether oxygens (including phenoxy) is 1. The standard InChI is InChI=1S/C20H20FN3O2/c21-17-6-8-18(9-7-17)26-15-20(25)23-11-10-19-22-12-13-24(19)14-16-4-2-1-3-5-16/h1-9,12-13H,10-11,14-15H2,(H,23,25). The van der Waals surface area contributed by atoms with Crippen LogP contribution < -0.4 is 10.1 Å². The van der Waals surface area contributed by atoms with E-state index < -0.39 is 0 Å². The molecular weight excluding hydrogens is 333 g/mol. The third-order valence-corrected chi connectivity index (χ3v) is 3.85. The van der Waals surface area contributed by atoms with E-state index in [1.807, 2.05) is 24.4 Å². The van der Waals surface area contributed by atoms with Crippen molar-refractivity contribution in [3.8, 4) is 5.75 Å². The predicted molar refractivity (Wildman–Crippen MR) is 96.4 cm³/mol. The molecule has 0 aliphatic carbocycles. The van der Waals surface area contributed by atoms with Crippen molar-refractivity contribution in [2.45, 2.75) is 13.0 Å². The lowest BCUT2D eigenvalue weighted by atomic mass is 10.2. The Morgan fingerprint density at radius 1 is 1.12 bits per heavy atom. The summed E-state index contributed by atoms with van der Waals surface area (Å²) >= 11 is 0. The van der Waals surface area contributed by atoms with Crippen molar-refractivity contribution in [2.75, 3.05) is 13.2 Å². The summed E-state index contributed by atoms with van der Waals surface area (Å²) in [5.74, 6) is 0.803. The van der Waals surface area contributed by atoms with Gasteiger partial charge in [-0.3, -0.25) is 4.79 Å². The van der Waals surface area contributed by atoms with Crippen LogP contribution in [0.2, 0.25) is 0 Å². The van der Waals surface area contributed by atoms with Crippen molar-refractivity contribution in [3.05, 3.63) is 84.2 Å². The lowest BCUT2D eigenvalue weighted by molar-refractivity contribution is -0.123. The number of hydrogen-bond acceptors (Lipinski definition) is 3. The molecule has 0 saturated heterocycles. The molecule has 26 heavy (non-hydrogen) atoms. The van der Waals surface area contributed by atoms with E-state index in [-0.39, 0.29) is 18.3 Å². The molecule has 5 nitrogen and oxygen atoms in total. The topological polar surface area (TPSA) is 56.1 Å². The smallest absolute Gasteiger partial charge is 0.257 e. The lowest BCUT2D eigenvalue weighted by Crippen LogP contribution is -2.31. The van der Waals surface area contributed by atoms with Gasteiger partial charge < -0.3 is 14.6 Å². The minimum Gasteiger partial charge on any atom is -0.484 e. The highest BCUT2D eigenvalue weighted by atomic mass is 19.1.